The van der Waals surface area contributed by atoms with Crippen molar-refractivity contribution < 1.29 is 4.79 Å². The van der Waals surface area contributed by atoms with E-state index in [1.165, 1.54) is 12.8 Å². The van der Waals surface area contributed by atoms with Crippen LogP contribution in [0, 0.1) is 5.92 Å². The number of hydrogen-bond donors (Lipinski definition) is 2. The van der Waals surface area contributed by atoms with Crippen LogP contribution >= 0.6 is 0 Å². The van der Waals surface area contributed by atoms with Crippen LogP contribution in [0.4, 0.5) is 16.2 Å². The van der Waals surface area contributed by atoms with Crippen LogP contribution in [0.25, 0.3) is 0 Å². The van der Waals surface area contributed by atoms with Gasteiger partial charge in [0.05, 0.1) is 0 Å². The van der Waals surface area contributed by atoms with Gasteiger partial charge in [0, 0.05) is 24.5 Å². The van der Waals surface area contributed by atoms with E-state index in [0.29, 0.717) is 11.6 Å². The first-order chi connectivity index (χ1) is 8.69. The number of nitrogen functional groups attached to an aromatic ring is 1. The molecule has 1 aliphatic heterocycles. The third-order valence-electron chi connectivity index (χ3n) is 3.41. The Morgan fingerprint density at radius 2 is 2.39 bits per heavy atom. The Labute approximate surface area is 108 Å². The minimum atomic E-state index is -0.0146. The van der Waals surface area contributed by atoms with Crippen LogP contribution in [0.3, 0.4) is 0 Å². The molecule has 1 fully saturated rings. The summed E-state index contributed by atoms with van der Waals surface area (Å²) in [7, 11) is 0. The Bertz CT molecular complexity index is 419. The highest BCUT2D eigenvalue weighted by molar-refractivity contribution is 5.90. The van der Waals surface area contributed by atoms with Gasteiger partial charge in [-0.2, -0.15) is 0 Å². The molecule has 98 valence electrons. The molecule has 1 aliphatic rings. The summed E-state index contributed by atoms with van der Waals surface area (Å²) in [5.41, 5.74) is 7.11. The zero-order valence-electron chi connectivity index (χ0n) is 10.9. The average Bonchev–Trinajstić information content (AvgIpc) is 2.78. The predicted octanol–water partition coefficient (Wildman–Crippen LogP) is 2.92. The molecule has 0 saturated carbocycles. The highest BCUT2D eigenvalue weighted by Gasteiger charge is 2.25. The number of likely N-dealkylation sites (tertiary alicyclic amines) is 1. The number of nitrogens with zero attached hydrogens (tertiary/aromatic N) is 1. The predicted molar refractivity (Wildman–Crippen MR) is 74.5 cm³/mol. The Hall–Kier alpha value is -1.71. The van der Waals surface area contributed by atoms with E-state index in [1.807, 2.05) is 23.1 Å². The lowest BCUT2D eigenvalue weighted by molar-refractivity contribution is 0.220. The van der Waals surface area contributed by atoms with E-state index in [0.717, 1.165) is 25.2 Å². The van der Waals surface area contributed by atoms with E-state index in [9.17, 15) is 4.79 Å². The van der Waals surface area contributed by atoms with Crippen molar-refractivity contribution in [3.05, 3.63) is 24.3 Å². The lowest BCUT2D eigenvalue weighted by atomic mass is 10.0. The van der Waals surface area contributed by atoms with E-state index >= 15 is 0 Å². The van der Waals surface area contributed by atoms with Crippen molar-refractivity contribution in [1.29, 1.82) is 0 Å². The molecule has 2 amide bonds. The van der Waals surface area contributed by atoms with Crippen molar-refractivity contribution in [3.63, 3.8) is 0 Å². The maximum absolute atomic E-state index is 12.0. The molecule has 0 spiro atoms. The summed E-state index contributed by atoms with van der Waals surface area (Å²) < 4.78 is 0. The van der Waals surface area contributed by atoms with Crippen molar-refractivity contribution in [2.45, 2.75) is 26.2 Å². The maximum Gasteiger partial charge on any atom is 0.321 e. The molecule has 18 heavy (non-hydrogen) atoms. The second kappa shape index (κ2) is 5.76. The van der Waals surface area contributed by atoms with Crippen molar-refractivity contribution in [2.24, 2.45) is 5.92 Å². The normalized spacial score (nSPS) is 18.9. The highest BCUT2D eigenvalue weighted by atomic mass is 16.2. The minimum Gasteiger partial charge on any atom is -0.399 e. The maximum atomic E-state index is 12.0. The number of benzene rings is 1. The molecule has 4 nitrogen and oxygen atoms in total. The van der Waals surface area contributed by atoms with E-state index < -0.39 is 0 Å². The van der Waals surface area contributed by atoms with Gasteiger partial charge in [-0.05, 0) is 37.0 Å². The molecule has 0 radical (unpaired) electrons. The van der Waals surface area contributed by atoms with Gasteiger partial charge in [0.1, 0.15) is 0 Å². The summed E-state index contributed by atoms with van der Waals surface area (Å²) in [6, 6.07) is 7.27. The van der Waals surface area contributed by atoms with Gasteiger partial charge in [0.2, 0.25) is 0 Å². The lowest BCUT2D eigenvalue weighted by Gasteiger charge is -2.17. The fourth-order valence-electron chi connectivity index (χ4n) is 2.48. The van der Waals surface area contributed by atoms with E-state index in [2.05, 4.69) is 12.2 Å². The van der Waals surface area contributed by atoms with Crippen LogP contribution in [0.5, 0.6) is 0 Å². The molecule has 1 atom stereocenters. The lowest BCUT2D eigenvalue weighted by Crippen LogP contribution is -2.33. The number of carbonyl (C=O) groups is 1. The van der Waals surface area contributed by atoms with Gasteiger partial charge in [-0.15, -0.1) is 0 Å². The zero-order valence-corrected chi connectivity index (χ0v) is 10.9. The largest absolute Gasteiger partial charge is 0.399 e. The first kappa shape index (κ1) is 12.7. The molecule has 1 aromatic carbocycles. The number of hydrogen-bond acceptors (Lipinski definition) is 2. The summed E-state index contributed by atoms with van der Waals surface area (Å²) >= 11 is 0. The monoisotopic (exact) mass is 247 g/mol. The number of nitrogens with two attached hydrogens (primary N) is 1. The summed E-state index contributed by atoms with van der Waals surface area (Å²) in [5, 5.41) is 2.89. The molecule has 1 saturated heterocycles. The summed E-state index contributed by atoms with van der Waals surface area (Å²) in [5.74, 6) is 0.668. The summed E-state index contributed by atoms with van der Waals surface area (Å²) in [4.78, 5) is 13.9. The van der Waals surface area contributed by atoms with Gasteiger partial charge >= 0.3 is 6.03 Å². The number of amides is 2. The molecule has 4 heteroatoms. The van der Waals surface area contributed by atoms with Gasteiger partial charge in [0.25, 0.3) is 0 Å². The van der Waals surface area contributed by atoms with Crippen LogP contribution in [0.15, 0.2) is 24.3 Å². The van der Waals surface area contributed by atoms with Gasteiger partial charge in [-0.3, -0.25) is 0 Å². The highest BCUT2D eigenvalue weighted by Crippen LogP contribution is 2.22. The molecular formula is C14H21N3O. The molecule has 2 rings (SSSR count). The van der Waals surface area contributed by atoms with Crippen molar-refractivity contribution >= 4 is 17.4 Å². The standard InChI is InChI=1S/C14H21N3O/c1-2-4-11-7-8-17(10-11)14(18)16-13-6-3-5-12(15)9-13/h3,5-6,9,11H,2,4,7-8,10,15H2,1H3,(H,16,18). The second-order valence-corrected chi connectivity index (χ2v) is 4.95. The van der Waals surface area contributed by atoms with E-state index in [-0.39, 0.29) is 6.03 Å². The number of nitrogens with one attached hydrogen (secondary N) is 1. The molecule has 1 unspecified atom stereocenters. The fourth-order valence-corrected chi connectivity index (χ4v) is 2.48. The first-order valence-electron chi connectivity index (χ1n) is 6.60. The molecule has 1 aromatic rings. The summed E-state index contributed by atoms with van der Waals surface area (Å²) in [6.07, 6.45) is 3.52. The van der Waals surface area contributed by atoms with Crippen LogP contribution in [-0.4, -0.2) is 24.0 Å². The first-order valence-corrected chi connectivity index (χ1v) is 6.60. The number of rotatable bonds is 3. The van der Waals surface area contributed by atoms with Crippen LogP contribution in [0.1, 0.15) is 26.2 Å². The third-order valence-corrected chi connectivity index (χ3v) is 3.41. The molecule has 0 aliphatic carbocycles. The molecule has 0 bridgehead atoms. The molecule has 3 N–H and O–H groups in total. The molecule has 0 aromatic heterocycles. The topological polar surface area (TPSA) is 58.4 Å². The Morgan fingerprint density at radius 1 is 1.56 bits per heavy atom. The number of carbonyl (C=O) groups excluding carboxylic acids is 1. The van der Waals surface area contributed by atoms with Gasteiger partial charge in [-0.1, -0.05) is 19.4 Å². The Balaban J connectivity index is 1.89. The van der Waals surface area contributed by atoms with Gasteiger partial charge < -0.3 is 16.0 Å². The number of urea groups is 1. The van der Waals surface area contributed by atoms with E-state index in [1.54, 1.807) is 6.07 Å². The third kappa shape index (κ3) is 3.15. The fraction of sp³-hybridized carbons (Fsp3) is 0.500. The van der Waals surface area contributed by atoms with E-state index in [4.69, 9.17) is 5.73 Å². The van der Waals surface area contributed by atoms with Gasteiger partial charge in [-0.25, -0.2) is 4.79 Å². The Kier molecular flexibility index (Phi) is 4.07. The van der Waals surface area contributed by atoms with Crippen LogP contribution in [-0.2, 0) is 0 Å². The van der Waals surface area contributed by atoms with Crippen molar-refractivity contribution in [2.75, 3.05) is 24.1 Å². The van der Waals surface area contributed by atoms with Gasteiger partial charge in [0.15, 0.2) is 0 Å². The summed E-state index contributed by atoms with van der Waals surface area (Å²) in [6.45, 7) is 3.93. The number of anilines is 2. The van der Waals surface area contributed by atoms with Crippen molar-refractivity contribution in [1.82, 2.24) is 4.90 Å². The molecular weight excluding hydrogens is 226 g/mol. The zero-order chi connectivity index (χ0) is 13.0. The van der Waals surface area contributed by atoms with Crippen LogP contribution in [0.2, 0.25) is 0 Å². The van der Waals surface area contributed by atoms with Crippen molar-refractivity contribution in [3.8, 4) is 0 Å². The smallest absolute Gasteiger partial charge is 0.321 e. The quantitative estimate of drug-likeness (QED) is 0.807. The molecule has 1 heterocycles. The average molecular weight is 247 g/mol. The minimum absolute atomic E-state index is 0.0146. The Morgan fingerprint density at radius 3 is 3.11 bits per heavy atom. The van der Waals surface area contributed by atoms with Crippen LogP contribution < -0.4 is 11.1 Å². The SMILES string of the molecule is CCCC1CCN(C(=O)Nc2cccc(N)c2)C1. The second-order valence-electron chi connectivity index (χ2n) is 4.95.